The van der Waals surface area contributed by atoms with Crippen LogP contribution in [-0.2, 0) is 0 Å². The van der Waals surface area contributed by atoms with Gasteiger partial charge in [-0.2, -0.15) is 0 Å². The molecule has 3 N–H and O–H groups in total. The van der Waals surface area contributed by atoms with E-state index in [0.29, 0.717) is 0 Å². The predicted octanol–water partition coefficient (Wildman–Crippen LogP) is 1.84. The number of rotatable bonds is 0. The molecule has 3 heteroatoms. The van der Waals surface area contributed by atoms with Crippen LogP contribution >= 0.6 is 19.7 Å². The summed E-state index contributed by atoms with van der Waals surface area (Å²) in [6.45, 7) is 9.31. The quantitative estimate of drug-likeness (QED) is 0.519. The molecular formula is C4H17ClNP. The summed E-state index contributed by atoms with van der Waals surface area (Å²) in [5, 5.41) is 0. The van der Waals surface area contributed by atoms with Gasteiger partial charge in [0.1, 0.15) is 0 Å². The Balaban J connectivity index is -0.0000000800. The molecule has 0 rings (SSSR count). The van der Waals surface area contributed by atoms with E-state index < -0.39 is 7.26 Å². The molecule has 0 fully saturated rings. The van der Waals surface area contributed by atoms with E-state index in [0.717, 1.165) is 0 Å². The van der Waals surface area contributed by atoms with E-state index in [9.17, 15) is 0 Å². The van der Waals surface area contributed by atoms with Gasteiger partial charge in [-0.15, -0.1) is 12.4 Å². The second-order valence-electron chi connectivity index (χ2n) is 3.00. The summed E-state index contributed by atoms with van der Waals surface area (Å²) in [5.74, 6) is 0. The molecule has 0 aliphatic rings. The molecule has 1 nitrogen and oxygen atoms in total. The molecular weight excluding hydrogens is 128 g/mol. The number of halogens is 1. The van der Waals surface area contributed by atoms with Crippen molar-refractivity contribution in [2.45, 2.75) is 0 Å². The van der Waals surface area contributed by atoms with Gasteiger partial charge < -0.3 is 6.15 Å². The van der Waals surface area contributed by atoms with Crippen LogP contribution in [-0.4, -0.2) is 26.7 Å². The van der Waals surface area contributed by atoms with Crippen LogP contribution in [0.2, 0.25) is 0 Å². The van der Waals surface area contributed by atoms with Crippen molar-refractivity contribution in [2.24, 2.45) is 0 Å². The van der Waals surface area contributed by atoms with Crippen LogP contribution in [0.1, 0.15) is 0 Å². The van der Waals surface area contributed by atoms with Gasteiger partial charge in [-0.05, 0) is 0 Å². The van der Waals surface area contributed by atoms with Gasteiger partial charge in [0.25, 0.3) is 0 Å². The maximum atomic E-state index is 2.33. The fourth-order valence-corrected chi connectivity index (χ4v) is 0. The summed E-state index contributed by atoms with van der Waals surface area (Å²) in [5.41, 5.74) is 0. The van der Waals surface area contributed by atoms with Gasteiger partial charge >= 0.3 is 33.9 Å². The molecule has 0 unspecified atom stereocenters. The number of hydrogen-bond donors (Lipinski definition) is 1. The summed E-state index contributed by atoms with van der Waals surface area (Å²) in [4.78, 5) is 0. The average molecular weight is 146 g/mol. The summed E-state index contributed by atoms with van der Waals surface area (Å²) >= 11 is 0. The minimum absolute atomic E-state index is 0. The van der Waals surface area contributed by atoms with Crippen LogP contribution in [0, 0.1) is 0 Å². The average Bonchev–Trinajstić information content (AvgIpc) is 0.722. The molecule has 0 aliphatic carbocycles. The van der Waals surface area contributed by atoms with Crippen LogP contribution in [0.5, 0.6) is 0 Å². The first-order valence-corrected chi connectivity index (χ1v) is 6.00. The van der Waals surface area contributed by atoms with E-state index in [1.807, 2.05) is 0 Å². The zero-order chi connectivity index (χ0) is 4.50. The van der Waals surface area contributed by atoms with Gasteiger partial charge in [0.05, 0.1) is 0 Å². The van der Waals surface area contributed by atoms with Gasteiger partial charge in [0.2, 0.25) is 0 Å². The van der Waals surface area contributed by atoms with Crippen molar-refractivity contribution in [3.63, 3.8) is 0 Å². The molecule has 0 amide bonds. The molecule has 0 atom stereocenters. The summed E-state index contributed by atoms with van der Waals surface area (Å²) < 4.78 is 0. The standard InChI is InChI=1S/C4H13P.ClH.H3N/c1-5(2,3)4;;/h5H,1-4H3;1H;1H3. The Morgan fingerprint density at radius 2 is 0.857 bits per heavy atom. The van der Waals surface area contributed by atoms with Crippen molar-refractivity contribution < 1.29 is 0 Å². The van der Waals surface area contributed by atoms with E-state index in [4.69, 9.17) is 0 Å². The van der Waals surface area contributed by atoms with Crippen LogP contribution in [0.25, 0.3) is 0 Å². The van der Waals surface area contributed by atoms with Gasteiger partial charge in [-0.1, -0.05) is 0 Å². The second-order valence-corrected chi connectivity index (χ2v) is 9.00. The Hall–Kier alpha value is 0.680. The van der Waals surface area contributed by atoms with Crippen LogP contribution in [0.3, 0.4) is 0 Å². The third kappa shape index (κ3) is 316. The van der Waals surface area contributed by atoms with Gasteiger partial charge in [0.15, 0.2) is 0 Å². The molecule has 50 valence electrons. The first-order chi connectivity index (χ1) is 2.00. The molecule has 0 heterocycles. The molecule has 0 aliphatic heterocycles. The molecule has 0 radical (unpaired) electrons. The predicted molar refractivity (Wildman–Crippen MR) is 44.3 cm³/mol. The summed E-state index contributed by atoms with van der Waals surface area (Å²) in [7, 11) is -0.611. The van der Waals surface area contributed by atoms with Crippen LogP contribution < -0.4 is 6.15 Å². The first kappa shape index (κ1) is 15.6. The Kier molecular flexibility index (Phi) is 10.8. The van der Waals surface area contributed by atoms with Gasteiger partial charge in [-0.25, -0.2) is 0 Å². The topological polar surface area (TPSA) is 35.0 Å². The van der Waals surface area contributed by atoms with E-state index in [1.165, 1.54) is 0 Å². The fraction of sp³-hybridized carbons (Fsp3) is 1.00. The summed E-state index contributed by atoms with van der Waals surface area (Å²) in [6.07, 6.45) is 0. The third-order valence-corrected chi connectivity index (χ3v) is 0. The molecule has 0 spiro atoms. The number of hydrogen-bond acceptors (Lipinski definition) is 1. The van der Waals surface area contributed by atoms with Crippen molar-refractivity contribution in [3.8, 4) is 0 Å². The van der Waals surface area contributed by atoms with Crippen molar-refractivity contribution >= 4 is 19.7 Å². The Morgan fingerprint density at radius 1 is 0.857 bits per heavy atom. The van der Waals surface area contributed by atoms with Crippen LogP contribution in [0.15, 0.2) is 0 Å². The molecule has 0 bridgehead atoms. The monoisotopic (exact) mass is 145 g/mol. The molecule has 7 heavy (non-hydrogen) atoms. The molecule has 0 aromatic heterocycles. The van der Waals surface area contributed by atoms with Crippen molar-refractivity contribution in [3.05, 3.63) is 0 Å². The minimum atomic E-state index is -0.611. The first-order valence-electron chi connectivity index (χ1n) is 2.00. The smallest absolute Gasteiger partial charge is 0.147 e. The second kappa shape index (κ2) is 4.83. The normalized spacial score (nSPS) is 10.9. The third-order valence-electron chi connectivity index (χ3n) is 0. The molecule has 0 saturated heterocycles. The van der Waals surface area contributed by atoms with E-state index in [-0.39, 0.29) is 18.6 Å². The maximum Gasteiger partial charge on any atom is -0.147 e. The Bertz CT molecular complexity index is 27.2. The SMILES string of the molecule is C[PH](C)(C)C.Cl.N. The summed E-state index contributed by atoms with van der Waals surface area (Å²) in [6, 6.07) is 0. The van der Waals surface area contributed by atoms with Crippen molar-refractivity contribution in [1.82, 2.24) is 6.15 Å². The Labute approximate surface area is 53.2 Å². The molecule has 0 aromatic rings. The molecule has 0 aromatic carbocycles. The van der Waals surface area contributed by atoms with E-state index in [2.05, 4.69) is 26.7 Å². The van der Waals surface area contributed by atoms with Crippen molar-refractivity contribution in [2.75, 3.05) is 26.7 Å². The van der Waals surface area contributed by atoms with Gasteiger partial charge in [-0.3, -0.25) is 0 Å². The zero-order valence-corrected chi connectivity index (χ0v) is 7.43. The van der Waals surface area contributed by atoms with E-state index in [1.54, 1.807) is 0 Å². The largest absolute Gasteiger partial charge is 0.344 e. The zero-order valence-electron chi connectivity index (χ0n) is 5.62. The fourth-order valence-electron chi connectivity index (χ4n) is 0. The maximum absolute atomic E-state index is 2.33. The van der Waals surface area contributed by atoms with Gasteiger partial charge in [0, 0.05) is 0 Å². The van der Waals surface area contributed by atoms with E-state index >= 15 is 0 Å². The molecule has 0 saturated carbocycles. The Morgan fingerprint density at radius 3 is 0.857 bits per heavy atom. The van der Waals surface area contributed by atoms with Crippen LogP contribution in [0.4, 0.5) is 0 Å². The minimum Gasteiger partial charge on any atom is -0.344 e. The van der Waals surface area contributed by atoms with Crippen molar-refractivity contribution in [1.29, 1.82) is 0 Å².